The van der Waals surface area contributed by atoms with Gasteiger partial charge in [-0.25, -0.2) is 4.68 Å². The molecule has 1 N–H and O–H groups in total. The summed E-state index contributed by atoms with van der Waals surface area (Å²) in [6.07, 6.45) is 4.62. The summed E-state index contributed by atoms with van der Waals surface area (Å²) in [4.78, 5) is 14.5. The molecule has 0 unspecified atom stereocenters. The quantitative estimate of drug-likeness (QED) is 0.652. The molecule has 3 aromatic rings. The number of hydrogen-bond acceptors (Lipinski definition) is 4. The number of rotatable bonds is 8. The minimum Gasteiger partial charge on any atom is -0.323 e. The highest BCUT2D eigenvalue weighted by Gasteiger charge is 2.14. The van der Waals surface area contributed by atoms with E-state index in [2.05, 4.69) is 27.3 Å². The van der Waals surface area contributed by atoms with Crippen LogP contribution < -0.4 is 5.32 Å². The largest absolute Gasteiger partial charge is 0.323 e. The van der Waals surface area contributed by atoms with Gasteiger partial charge in [0, 0.05) is 24.9 Å². The van der Waals surface area contributed by atoms with Crippen molar-refractivity contribution in [1.82, 2.24) is 24.5 Å². The van der Waals surface area contributed by atoms with Crippen molar-refractivity contribution in [3.8, 4) is 5.69 Å². The van der Waals surface area contributed by atoms with E-state index < -0.39 is 0 Å². The van der Waals surface area contributed by atoms with E-state index in [0.717, 1.165) is 41.4 Å². The van der Waals surface area contributed by atoms with E-state index in [4.69, 9.17) is 0 Å². The number of nitrogens with zero attached hydrogens (tertiary/aromatic N) is 5. The zero-order chi connectivity index (χ0) is 20.1. The highest BCUT2D eigenvalue weighted by atomic mass is 16.1. The van der Waals surface area contributed by atoms with Crippen LogP contribution in [-0.4, -0.2) is 51.0 Å². The fourth-order valence-corrected chi connectivity index (χ4v) is 3.17. The molecule has 0 aliphatic heterocycles. The van der Waals surface area contributed by atoms with Crippen molar-refractivity contribution in [2.24, 2.45) is 0 Å². The highest BCUT2D eigenvalue weighted by molar-refractivity contribution is 5.90. The standard InChI is InChI=1S/C21H28N6O/c1-16-20(17(2)27(24-16)19-8-6-5-7-9-19)10-11-21(28)23-18-14-22-26(15-18)13-12-25(3)4/h5-9,14-15H,10-13H2,1-4H3,(H,23,28). The van der Waals surface area contributed by atoms with Crippen LogP contribution in [0.4, 0.5) is 5.69 Å². The Balaban J connectivity index is 1.59. The van der Waals surface area contributed by atoms with Gasteiger partial charge in [-0.05, 0) is 52.1 Å². The Labute approximate surface area is 166 Å². The zero-order valence-corrected chi connectivity index (χ0v) is 17.0. The molecule has 148 valence electrons. The second-order valence-corrected chi connectivity index (χ2v) is 7.24. The van der Waals surface area contributed by atoms with Crippen LogP contribution in [0.1, 0.15) is 23.4 Å². The molecular weight excluding hydrogens is 352 g/mol. The number of nitrogens with one attached hydrogen (secondary N) is 1. The van der Waals surface area contributed by atoms with Gasteiger partial charge < -0.3 is 10.2 Å². The number of benzene rings is 1. The van der Waals surface area contributed by atoms with Gasteiger partial charge in [0.05, 0.1) is 29.8 Å². The van der Waals surface area contributed by atoms with Crippen molar-refractivity contribution in [1.29, 1.82) is 0 Å². The van der Waals surface area contributed by atoms with E-state index in [1.807, 2.05) is 66.9 Å². The summed E-state index contributed by atoms with van der Waals surface area (Å²) >= 11 is 0. The lowest BCUT2D eigenvalue weighted by atomic mass is 10.1. The Morgan fingerprint density at radius 3 is 2.64 bits per heavy atom. The van der Waals surface area contributed by atoms with Gasteiger partial charge in [0.15, 0.2) is 0 Å². The summed E-state index contributed by atoms with van der Waals surface area (Å²) in [6.45, 7) is 5.74. The van der Waals surface area contributed by atoms with Crippen molar-refractivity contribution in [2.75, 3.05) is 26.0 Å². The normalized spacial score (nSPS) is 11.2. The fraction of sp³-hybridized carbons (Fsp3) is 0.381. The Kier molecular flexibility index (Phi) is 6.26. The van der Waals surface area contributed by atoms with Crippen molar-refractivity contribution in [2.45, 2.75) is 33.2 Å². The maximum atomic E-state index is 12.4. The molecule has 0 aliphatic carbocycles. The van der Waals surface area contributed by atoms with Crippen LogP contribution in [0.15, 0.2) is 42.7 Å². The number of aromatic nitrogens is 4. The highest BCUT2D eigenvalue weighted by Crippen LogP contribution is 2.19. The van der Waals surface area contributed by atoms with Gasteiger partial charge in [0.1, 0.15) is 0 Å². The average Bonchev–Trinajstić information content (AvgIpc) is 3.23. The fourth-order valence-electron chi connectivity index (χ4n) is 3.17. The van der Waals surface area contributed by atoms with Gasteiger partial charge in [-0.3, -0.25) is 9.48 Å². The predicted octanol–water partition coefficient (Wildman–Crippen LogP) is 2.82. The van der Waals surface area contributed by atoms with Crippen LogP contribution in [-0.2, 0) is 17.8 Å². The molecule has 0 aliphatic rings. The maximum absolute atomic E-state index is 12.4. The first kappa shape index (κ1) is 19.8. The van der Waals surface area contributed by atoms with Crippen LogP contribution in [0.25, 0.3) is 5.69 Å². The molecule has 0 radical (unpaired) electrons. The number of likely N-dealkylation sites (N-methyl/N-ethyl adjacent to an activating group) is 1. The molecule has 1 aromatic carbocycles. The van der Waals surface area contributed by atoms with Gasteiger partial charge in [0.2, 0.25) is 5.91 Å². The molecule has 0 bridgehead atoms. The number of amides is 1. The second kappa shape index (κ2) is 8.84. The topological polar surface area (TPSA) is 68.0 Å². The van der Waals surface area contributed by atoms with Crippen molar-refractivity contribution < 1.29 is 4.79 Å². The summed E-state index contributed by atoms with van der Waals surface area (Å²) in [5.74, 6) is -0.0154. The van der Waals surface area contributed by atoms with Crippen LogP contribution >= 0.6 is 0 Å². The maximum Gasteiger partial charge on any atom is 0.224 e. The SMILES string of the molecule is Cc1nn(-c2ccccc2)c(C)c1CCC(=O)Nc1cnn(CCN(C)C)c1. The Bertz CT molecular complexity index is 926. The first-order chi connectivity index (χ1) is 13.4. The molecular formula is C21H28N6O. The molecule has 7 heteroatoms. The molecule has 1 amide bonds. The number of anilines is 1. The molecule has 7 nitrogen and oxygen atoms in total. The summed E-state index contributed by atoms with van der Waals surface area (Å²) in [5, 5.41) is 11.9. The van der Waals surface area contributed by atoms with Gasteiger partial charge in [0.25, 0.3) is 0 Å². The summed E-state index contributed by atoms with van der Waals surface area (Å²) in [6, 6.07) is 10.0. The number of para-hydroxylation sites is 1. The van der Waals surface area contributed by atoms with Gasteiger partial charge in [-0.1, -0.05) is 18.2 Å². The third kappa shape index (κ3) is 4.86. The minimum absolute atomic E-state index is 0.0154. The lowest BCUT2D eigenvalue weighted by Crippen LogP contribution is -2.18. The Morgan fingerprint density at radius 1 is 1.18 bits per heavy atom. The van der Waals surface area contributed by atoms with Gasteiger partial charge in [-0.2, -0.15) is 10.2 Å². The van der Waals surface area contributed by atoms with Gasteiger partial charge >= 0.3 is 0 Å². The first-order valence-corrected chi connectivity index (χ1v) is 9.51. The van der Waals surface area contributed by atoms with Crippen LogP contribution in [0.3, 0.4) is 0 Å². The predicted molar refractivity (Wildman–Crippen MR) is 111 cm³/mol. The Morgan fingerprint density at radius 2 is 1.93 bits per heavy atom. The van der Waals surface area contributed by atoms with Crippen LogP contribution in [0, 0.1) is 13.8 Å². The number of aryl methyl sites for hydroxylation is 1. The van der Waals surface area contributed by atoms with Gasteiger partial charge in [-0.15, -0.1) is 0 Å². The third-order valence-electron chi connectivity index (χ3n) is 4.74. The molecule has 2 heterocycles. The molecule has 0 saturated heterocycles. The van der Waals surface area contributed by atoms with E-state index >= 15 is 0 Å². The number of hydrogen-bond donors (Lipinski definition) is 1. The van der Waals surface area contributed by atoms with Crippen LogP contribution in [0.2, 0.25) is 0 Å². The Hall–Kier alpha value is -2.93. The molecule has 0 spiro atoms. The van der Waals surface area contributed by atoms with E-state index in [9.17, 15) is 4.79 Å². The lowest BCUT2D eigenvalue weighted by Gasteiger charge is -2.08. The number of carbonyl (C=O) groups excluding carboxylic acids is 1. The molecule has 2 aromatic heterocycles. The first-order valence-electron chi connectivity index (χ1n) is 9.51. The smallest absolute Gasteiger partial charge is 0.224 e. The number of carbonyl (C=O) groups is 1. The lowest BCUT2D eigenvalue weighted by molar-refractivity contribution is -0.116. The molecule has 0 saturated carbocycles. The molecule has 28 heavy (non-hydrogen) atoms. The summed E-state index contributed by atoms with van der Waals surface area (Å²) in [5.41, 5.74) is 4.93. The van der Waals surface area contributed by atoms with E-state index in [0.29, 0.717) is 12.8 Å². The molecule has 3 rings (SSSR count). The van der Waals surface area contributed by atoms with Crippen molar-refractivity contribution >= 4 is 11.6 Å². The van der Waals surface area contributed by atoms with E-state index in [1.165, 1.54) is 0 Å². The molecule has 0 fully saturated rings. The zero-order valence-electron chi connectivity index (χ0n) is 17.0. The third-order valence-corrected chi connectivity index (χ3v) is 4.74. The summed E-state index contributed by atoms with van der Waals surface area (Å²) < 4.78 is 3.78. The summed E-state index contributed by atoms with van der Waals surface area (Å²) in [7, 11) is 4.05. The monoisotopic (exact) mass is 380 g/mol. The second-order valence-electron chi connectivity index (χ2n) is 7.24. The van der Waals surface area contributed by atoms with Crippen LogP contribution in [0.5, 0.6) is 0 Å². The van der Waals surface area contributed by atoms with Crippen molar-refractivity contribution in [3.63, 3.8) is 0 Å². The average molecular weight is 380 g/mol. The molecule has 0 atom stereocenters. The minimum atomic E-state index is -0.0154. The van der Waals surface area contributed by atoms with E-state index in [1.54, 1.807) is 6.20 Å². The van der Waals surface area contributed by atoms with E-state index in [-0.39, 0.29) is 5.91 Å². The van der Waals surface area contributed by atoms with Crippen molar-refractivity contribution in [3.05, 3.63) is 59.7 Å².